The first-order chi connectivity index (χ1) is 10.2. The Hall–Kier alpha value is -2.42. The molecular weight excluding hydrogens is 272 g/mol. The number of hydrazine groups is 1. The minimum atomic E-state index is 0.253. The highest BCUT2D eigenvalue weighted by Crippen LogP contribution is 2.10. The van der Waals surface area contributed by atoms with Crippen molar-refractivity contribution in [3.8, 4) is 6.01 Å². The predicted molar refractivity (Wildman–Crippen MR) is 78.8 cm³/mol. The van der Waals surface area contributed by atoms with Crippen molar-refractivity contribution >= 4 is 11.9 Å². The Bertz CT molecular complexity index is 570. The molecule has 0 unspecified atom stereocenters. The van der Waals surface area contributed by atoms with E-state index in [1.54, 1.807) is 4.68 Å². The summed E-state index contributed by atoms with van der Waals surface area (Å²) in [7, 11) is 1.89. The number of hydrogen-bond acceptors (Lipinski definition) is 8. The second-order valence-corrected chi connectivity index (χ2v) is 4.46. The Balaban J connectivity index is 1.94. The quantitative estimate of drug-likeness (QED) is 0.471. The van der Waals surface area contributed by atoms with Crippen LogP contribution in [0, 0.1) is 0 Å². The third kappa shape index (κ3) is 4.56. The van der Waals surface area contributed by atoms with E-state index in [-0.39, 0.29) is 12.0 Å². The third-order valence-electron chi connectivity index (χ3n) is 2.63. The van der Waals surface area contributed by atoms with Crippen molar-refractivity contribution in [1.29, 1.82) is 0 Å². The number of nitrogens with one attached hydrogen (secondary N) is 2. The molecule has 2 aromatic heterocycles. The summed E-state index contributed by atoms with van der Waals surface area (Å²) in [6.45, 7) is 3.23. The summed E-state index contributed by atoms with van der Waals surface area (Å²) in [5.74, 6) is 6.03. The number of rotatable bonds is 8. The Labute approximate surface area is 122 Å². The molecule has 0 aromatic carbocycles. The smallest absolute Gasteiger partial charge is 0.323 e. The maximum absolute atomic E-state index is 5.40. The fourth-order valence-corrected chi connectivity index (χ4v) is 1.68. The Morgan fingerprint density at radius 2 is 2.10 bits per heavy atom. The number of hydrogen-bond donors (Lipinski definition) is 3. The molecule has 0 aliphatic rings. The van der Waals surface area contributed by atoms with Crippen LogP contribution in [0.25, 0.3) is 0 Å². The topological polar surface area (TPSA) is 116 Å². The summed E-state index contributed by atoms with van der Waals surface area (Å²) in [6, 6.07) is 0.253. The monoisotopic (exact) mass is 292 g/mol. The molecule has 0 saturated carbocycles. The van der Waals surface area contributed by atoms with Gasteiger partial charge in [0.1, 0.15) is 0 Å². The average Bonchev–Trinajstić information content (AvgIpc) is 2.90. The molecule has 0 spiro atoms. The second kappa shape index (κ2) is 7.39. The van der Waals surface area contributed by atoms with Crippen molar-refractivity contribution in [3.05, 3.63) is 18.0 Å². The van der Waals surface area contributed by atoms with E-state index in [9.17, 15) is 0 Å². The van der Waals surface area contributed by atoms with Crippen LogP contribution in [0.5, 0.6) is 6.01 Å². The molecule has 0 aliphatic heterocycles. The molecule has 0 radical (unpaired) electrons. The van der Waals surface area contributed by atoms with Gasteiger partial charge in [-0.15, -0.1) is 0 Å². The van der Waals surface area contributed by atoms with Gasteiger partial charge in [-0.2, -0.15) is 20.1 Å². The van der Waals surface area contributed by atoms with E-state index in [4.69, 9.17) is 10.6 Å². The molecule has 0 atom stereocenters. The van der Waals surface area contributed by atoms with E-state index in [0.29, 0.717) is 19.1 Å². The van der Waals surface area contributed by atoms with Gasteiger partial charge in [0.25, 0.3) is 0 Å². The fraction of sp³-hybridized carbons (Fsp3) is 0.500. The van der Waals surface area contributed by atoms with Gasteiger partial charge in [-0.25, -0.2) is 5.84 Å². The van der Waals surface area contributed by atoms with Crippen LogP contribution >= 0.6 is 0 Å². The molecule has 0 bridgehead atoms. The molecule has 9 nitrogen and oxygen atoms in total. The van der Waals surface area contributed by atoms with Crippen molar-refractivity contribution < 1.29 is 4.74 Å². The number of nitrogens with two attached hydrogens (primary N) is 1. The summed E-state index contributed by atoms with van der Waals surface area (Å²) in [5, 5.41) is 7.24. The minimum absolute atomic E-state index is 0.253. The van der Waals surface area contributed by atoms with Crippen LogP contribution in [0.1, 0.15) is 18.9 Å². The highest BCUT2D eigenvalue weighted by Gasteiger charge is 2.06. The Morgan fingerprint density at radius 3 is 2.76 bits per heavy atom. The number of nitrogens with zero attached hydrogens (tertiary/aromatic N) is 5. The average molecular weight is 292 g/mol. The molecule has 2 aromatic rings. The Morgan fingerprint density at radius 1 is 1.29 bits per heavy atom. The minimum Gasteiger partial charge on any atom is -0.463 e. The van der Waals surface area contributed by atoms with Crippen LogP contribution in [0.15, 0.2) is 12.4 Å². The number of anilines is 2. The first-order valence-corrected chi connectivity index (χ1v) is 6.78. The molecule has 21 heavy (non-hydrogen) atoms. The van der Waals surface area contributed by atoms with E-state index in [1.165, 1.54) is 0 Å². The maximum atomic E-state index is 5.40. The largest absolute Gasteiger partial charge is 0.463 e. The van der Waals surface area contributed by atoms with E-state index < -0.39 is 0 Å². The van der Waals surface area contributed by atoms with Crippen LogP contribution in [0.4, 0.5) is 11.9 Å². The molecule has 2 rings (SSSR count). The molecular formula is C12H20N8O. The van der Waals surface area contributed by atoms with Gasteiger partial charge in [0.05, 0.1) is 12.8 Å². The van der Waals surface area contributed by atoms with Crippen molar-refractivity contribution in [1.82, 2.24) is 24.7 Å². The van der Waals surface area contributed by atoms with E-state index in [1.807, 2.05) is 26.4 Å². The van der Waals surface area contributed by atoms with Gasteiger partial charge in [-0.1, -0.05) is 6.92 Å². The lowest BCUT2D eigenvalue weighted by Gasteiger charge is -2.08. The van der Waals surface area contributed by atoms with Crippen molar-refractivity contribution in [2.24, 2.45) is 12.9 Å². The summed E-state index contributed by atoms with van der Waals surface area (Å²) in [6.07, 6.45) is 5.49. The molecule has 2 heterocycles. The van der Waals surface area contributed by atoms with Crippen molar-refractivity contribution in [2.45, 2.75) is 19.8 Å². The zero-order chi connectivity index (χ0) is 15.1. The Kier molecular flexibility index (Phi) is 5.27. The molecule has 9 heteroatoms. The molecule has 0 fully saturated rings. The van der Waals surface area contributed by atoms with Gasteiger partial charge in [-0.05, 0) is 18.4 Å². The van der Waals surface area contributed by atoms with Gasteiger partial charge in [-0.3, -0.25) is 10.1 Å². The SMILES string of the molecule is CCCOc1nc(NN)nc(NCCc2cnn(C)c2)n1. The van der Waals surface area contributed by atoms with Crippen LogP contribution in [-0.2, 0) is 13.5 Å². The highest BCUT2D eigenvalue weighted by atomic mass is 16.5. The van der Waals surface area contributed by atoms with E-state index in [0.717, 1.165) is 18.4 Å². The number of aryl methyl sites for hydroxylation is 1. The fourth-order valence-electron chi connectivity index (χ4n) is 1.68. The number of ether oxygens (including phenoxy) is 1. The lowest BCUT2D eigenvalue weighted by atomic mass is 10.2. The van der Waals surface area contributed by atoms with Gasteiger partial charge in [0.15, 0.2) is 0 Å². The molecule has 0 aliphatic carbocycles. The lowest BCUT2D eigenvalue weighted by molar-refractivity contribution is 0.292. The molecule has 114 valence electrons. The molecule has 0 saturated heterocycles. The summed E-state index contributed by atoms with van der Waals surface area (Å²) < 4.78 is 7.16. The van der Waals surface area contributed by atoms with Crippen LogP contribution in [0.2, 0.25) is 0 Å². The second-order valence-electron chi connectivity index (χ2n) is 4.46. The zero-order valence-electron chi connectivity index (χ0n) is 12.2. The van der Waals surface area contributed by atoms with Gasteiger partial charge in [0, 0.05) is 19.8 Å². The lowest BCUT2D eigenvalue weighted by Crippen LogP contribution is -2.15. The third-order valence-corrected chi connectivity index (χ3v) is 2.63. The van der Waals surface area contributed by atoms with Crippen molar-refractivity contribution in [2.75, 3.05) is 23.9 Å². The normalized spacial score (nSPS) is 10.4. The maximum Gasteiger partial charge on any atom is 0.323 e. The highest BCUT2D eigenvalue weighted by molar-refractivity contribution is 5.35. The summed E-state index contributed by atoms with van der Waals surface area (Å²) >= 11 is 0. The summed E-state index contributed by atoms with van der Waals surface area (Å²) in [4.78, 5) is 12.3. The number of nitrogen functional groups attached to an aromatic ring is 1. The van der Waals surface area contributed by atoms with Gasteiger partial charge >= 0.3 is 6.01 Å². The standard InChI is InChI=1S/C12H20N8O/c1-3-6-21-12-17-10(16-11(18-12)19-13)14-5-4-9-7-15-20(2)8-9/h7-8H,3-6,13H2,1-2H3,(H2,14,16,17,18,19). The first kappa shape index (κ1) is 15.0. The van der Waals surface area contributed by atoms with Crippen LogP contribution in [-0.4, -0.2) is 37.9 Å². The zero-order valence-corrected chi connectivity index (χ0v) is 12.2. The van der Waals surface area contributed by atoms with E-state index in [2.05, 4.69) is 30.8 Å². The number of aromatic nitrogens is 5. The molecule has 4 N–H and O–H groups in total. The first-order valence-electron chi connectivity index (χ1n) is 6.78. The van der Waals surface area contributed by atoms with Crippen molar-refractivity contribution in [3.63, 3.8) is 0 Å². The summed E-state index contributed by atoms with van der Waals surface area (Å²) in [5.41, 5.74) is 3.54. The van der Waals surface area contributed by atoms with Gasteiger partial charge in [0.2, 0.25) is 11.9 Å². The van der Waals surface area contributed by atoms with Crippen LogP contribution in [0.3, 0.4) is 0 Å². The predicted octanol–water partition coefficient (Wildman–Crippen LogP) is 0.334. The molecule has 0 amide bonds. The van der Waals surface area contributed by atoms with Crippen LogP contribution < -0.4 is 21.3 Å². The van der Waals surface area contributed by atoms with E-state index >= 15 is 0 Å². The van der Waals surface area contributed by atoms with Gasteiger partial charge < -0.3 is 10.1 Å².